The number of carbonyl (C=O) groups is 2. The number of halogens is 1. The van der Waals surface area contributed by atoms with Crippen molar-refractivity contribution < 1.29 is 14.3 Å². The van der Waals surface area contributed by atoms with Gasteiger partial charge in [-0.2, -0.15) is 5.01 Å². The number of amides is 1. The Morgan fingerprint density at radius 2 is 1.83 bits per heavy atom. The van der Waals surface area contributed by atoms with E-state index in [1.54, 1.807) is 0 Å². The van der Waals surface area contributed by atoms with Crippen LogP contribution < -0.4 is 0 Å². The zero-order chi connectivity index (χ0) is 20.6. The number of esters is 1. The standard InChI is InChI=1S/C23H29ClN2O3/c1-22(2)20(27)26(25(22)13-15-6-4-5-7-18(15)24)19-16-8-14-9-17(19)12-23(10-14,11-16)21(28)29-3/h4-7,14,16-17,19H,8-13H2,1-3H3. The lowest BCUT2D eigenvalue weighted by atomic mass is 9.47. The van der Waals surface area contributed by atoms with Crippen LogP contribution in [0.5, 0.6) is 0 Å². The van der Waals surface area contributed by atoms with Gasteiger partial charge in [0.1, 0.15) is 5.54 Å². The Labute approximate surface area is 177 Å². The molecular weight excluding hydrogens is 388 g/mol. The van der Waals surface area contributed by atoms with E-state index < -0.39 is 5.54 Å². The lowest BCUT2D eigenvalue weighted by Gasteiger charge is -2.66. The molecule has 5 aliphatic rings. The summed E-state index contributed by atoms with van der Waals surface area (Å²) in [6.07, 6.45) is 4.89. The Kier molecular flexibility index (Phi) is 4.31. The third kappa shape index (κ3) is 2.70. The van der Waals surface area contributed by atoms with E-state index in [4.69, 9.17) is 16.3 Å². The van der Waals surface area contributed by atoms with Gasteiger partial charge < -0.3 is 4.74 Å². The van der Waals surface area contributed by atoms with Crippen LogP contribution in [0.2, 0.25) is 5.02 Å². The number of methoxy groups -OCH3 is 1. The van der Waals surface area contributed by atoms with E-state index >= 15 is 0 Å². The lowest BCUT2D eigenvalue weighted by Crippen LogP contribution is -2.79. The lowest BCUT2D eigenvalue weighted by molar-refractivity contribution is -0.257. The molecule has 1 amide bonds. The van der Waals surface area contributed by atoms with E-state index in [9.17, 15) is 9.59 Å². The van der Waals surface area contributed by atoms with Crippen LogP contribution in [0.1, 0.15) is 51.5 Å². The Hall–Kier alpha value is -1.59. The molecule has 156 valence electrons. The smallest absolute Gasteiger partial charge is 0.311 e. The quantitative estimate of drug-likeness (QED) is 0.695. The number of benzene rings is 1. The molecule has 6 heteroatoms. The van der Waals surface area contributed by atoms with E-state index in [0.717, 1.165) is 42.7 Å². The van der Waals surface area contributed by atoms with E-state index in [1.165, 1.54) is 7.11 Å². The summed E-state index contributed by atoms with van der Waals surface area (Å²) in [6.45, 7) is 4.61. The van der Waals surface area contributed by atoms with E-state index in [2.05, 4.69) is 5.01 Å². The van der Waals surface area contributed by atoms with Crippen LogP contribution in [0.15, 0.2) is 24.3 Å². The van der Waals surface area contributed by atoms with E-state index in [-0.39, 0.29) is 23.3 Å². The van der Waals surface area contributed by atoms with Gasteiger partial charge in [0.05, 0.1) is 18.6 Å². The number of rotatable bonds is 4. The van der Waals surface area contributed by atoms with E-state index in [0.29, 0.717) is 24.3 Å². The molecule has 1 aliphatic heterocycles. The van der Waals surface area contributed by atoms with Crippen LogP contribution in [-0.4, -0.2) is 40.6 Å². The summed E-state index contributed by atoms with van der Waals surface area (Å²) < 4.78 is 5.19. The van der Waals surface area contributed by atoms with Gasteiger partial charge in [-0.15, -0.1) is 0 Å². The highest BCUT2D eigenvalue weighted by molar-refractivity contribution is 6.31. The third-order valence-corrected chi connectivity index (χ3v) is 8.41. The molecule has 1 aromatic carbocycles. The van der Waals surface area contributed by atoms with Crippen molar-refractivity contribution in [3.63, 3.8) is 0 Å². The highest BCUT2D eigenvalue weighted by atomic mass is 35.5. The minimum absolute atomic E-state index is 0.0430. The molecule has 5 nitrogen and oxygen atoms in total. The van der Waals surface area contributed by atoms with Crippen LogP contribution in [-0.2, 0) is 20.9 Å². The van der Waals surface area contributed by atoms with E-state index in [1.807, 2.05) is 43.1 Å². The van der Waals surface area contributed by atoms with Crippen LogP contribution in [0.3, 0.4) is 0 Å². The molecular formula is C23H29ClN2O3. The fraction of sp³-hybridized carbons (Fsp3) is 0.652. The monoisotopic (exact) mass is 416 g/mol. The highest BCUT2D eigenvalue weighted by Gasteiger charge is 2.65. The Bertz CT molecular complexity index is 853. The first-order chi connectivity index (χ1) is 13.8. The molecule has 0 radical (unpaired) electrons. The zero-order valence-corrected chi connectivity index (χ0v) is 18.1. The normalized spacial score (nSPS) is 37.5. The van der Waals surface area contributed by atoms with Crippen molar-refractivity contribution in [2.45, 2.75) is 64.1 Å². The number of carbonyl (C=O) groups excluding carboxylic acids is 2. The van der Waals surface area contributed by atoms with Gasteiger partial charge in [-0.3, -0.25) is 14.6 Å². The number of ether oxygens (including phenoxy) is 1. The van der Waals surface area contributed by atoms with Crippen LogP contribution in [0, 0.1) is 23.2 Å². The van der Waals surface area contributed by atoms with Gasteiger partial charge in [0, 0.05) is 11.6 Å². The molecule has 4 saturated carbocycles. The van der Waals surface area contributed by atoms with Gasteiger partial charge in [0.2, 0.25) is 0 Å². The van der Waals surface area contributed by atoms with Gasteiger partial charge in [0.15, 0.2) is 0 Å². The minimum atomic E-state index is -0.534. The Morgan fingerprint density at radius 1 is 1.17 bits per heavy atom. The number of hydrogen-bond acceptors (Lipinski definition) is 4. The summed E-state index contributed by atoms with van der Waals surface area (Å²) in [5.74, 6) is 1.47. The second kappa shape index (κ2) is 6.45. The average Bonchev–Trinajstić information content (AvgIpc) is 2.69. The number of hydrogen-bond donors (Lipinski definition) is 0. The first-order valence-electron chi connectivity index (χ1n) is 10.7. The average molecular weight is 417 g/mol. The van der Waals surface area contributed by atoms with Crippen molar-refractivity contribution in [1.82, 2.24) is 10.0 Å². The van der Waals surface area contributed by atoms with Gasteiger partial charge in [-0.1, -0.05) is 29.8 Å². The molecule has 0 N–H and O–H groups in total. The van der Waals surface area contributed by atoms with Crippen molar-refractivity contribution >= 4 is 23.5 Å². The van der Waals surface area contributed by atoms with Gasteiger partial charge in [0.25, 0.3) is 5.91 Å². The van der Waals surface area contributed by atoms with Crippen LogP contribution >= 0.6 is 11.6 Å². The third-order valence-electron chi connectivity index (χ3n) is 8.04. The fourth-order valence-electron chi connectivity index (χ4n) is 6.95. The van der Waals surface area contributed by atoms with Crippen molar-refractivity contribution in [3.05, 3.63) is 34.9 Å². The summed E-state index contributed by atoms with van der Waals surface area (Å²) in [4.78, 5) is 25.8. The molecule has 2 atom stereocenters. The minimum Gasteiger partial charge on any atom is -0.469 e. The molecule has 1 saturated heterocycles. The molecule has 4 aliphatic carbocycles. The fourth-order valence-corrected chi connectivity index (χ4v) is 7.14. The summed E-state index contributed by atoms with van der Waals surface area (Å²) >= 11 is 6.42. The Morgan fingerprint density at radius 3 is 2.45 bits per heavy atom. The van der Waals surface area contributed by atoms with Crippen molar-refractivity contribution in [3.8, 4) is 0 Å². The van der Waals surface area contributed by atoms with Crippen molar-refractivity contribution in [1.29, 1.82) is 0 Å². The predicted octanol–water partition coefficient (Wildman–Crippen LogP) is 4.05. The summed E-state index contributed by atoms with van der Waals surface area (Å²) in [5, 5.41) is 4.97. The molecule has 1 aromatic rings. The summed E-state index contributed by atoms with van der Waals surface area (Å²) in [6, 6.07) is 8.04. The van der Waals surface area contributed by atoms with Crippen molar-refractivity contribution in [2.75, 3.05) is 7.11 Å². The number of hydrazine groups is 1. The molecule has 0 aromatic heterocycles. The maximum atomic E-state index is 13.2. The first-order valence-corrected chi connectivity index (χ1v) is 11.1. The molecule has 29 heavy (non-hydrogen) atoms. The highest BCUT2D eigenvalue weighted by Crippen LogP contribution is 2.62. The maximum Gasteiger partial charge on any atom is 0.311 e. The number of nitrogens with zero attached hydrogens (tertiary/aromatic N) is 2. The zero-order valence-electron chi connectivity index (χ0n) is 17.4. The van der Waals surface area contributed by atoms with Gasteiger partial charge in [-0.25, -0.2) is 0 Å². The topological polar surface area (TPSA) is 49.9 Å². The first kappa shape index (κ1) is 19.4. The predicted molar refractivity (Wildman–Crippen MR) is 110 cm³/mol. The second-order valence-corrected chi connectivity index (χ2v) is 10.5. The summed E-state index contributed by atoms with van der Waals surface area (Å²) in [5.41, 5.74) is 0.182. The van der Waals surface area contributed by atoms with Gasteiger partial charge in [-0.05, 0) is 75.3 Å². The SMILES string of the molecule is COC(=O)C12CC3CC(C1)C(N1C(=O)C(C)(C)N1Cc1ccccc1Cl)C(C3)C2. The summed E-state index contributed by atoms with van der Waals surface area (Å²) in [7, 11) is 1.51. The second-order valence-electron chi connectivity index (χ2n) is 10.1. The molecule has 5 fully saturated rings. The molecule has 0 spiro atoms. The molecule has 2 unspecified atom stereocenters. The van der Waals surface area contributed by atoms with Crippen LogP contribution in [0.25, 0.3) is 0 Å². The Balaban J connectivity index is 1.44. The van der Waals surface area contributed by atoms with Crippen LogP contribution in [0.4, 0.5) is 0 Å². The molecule has 4 bridgehead atoms. The largest absolute Gasteiger partial charge is 0.469 e. The van der Waals surface area contributed by atoms with Crippen molar-refractivity contribution in [2.24, 2.45) is 23.2 Å². The van der Waals surface area contributed by atoms with Gasteiger partial charge >= 0.3 is 5.97 Å². The molecule has 1 heterocycles. The molecule has 6 rings (SSSR count). The maximum absolute atomic E-state index is 13.2.